The van der Waals surface area contributed by atoms with E-state index < -0.39 is 47.1 Å². The van der Waals surface area contributed by atoms with Crippen molar-refractivity contribution in [3.8, 4) is 0 Å². The zero-order chi connectivity index (χ0) is 32.7. The van der Waals surface area contributed by atoms with Gasteiger partial charge in [0.15, 0.2) is 0 Å². The molecule has 0 bridgehead atoms. The third-order valence-electron chi connectivity index (χ3n) is 8.75. The van der Waals surface area contributed by atoms with Gasteiger partial charge in [-0.2, -0.15) is 31.6 Å². The first-order chi connectivity index (χ1) is 21.0. The Balaban J connectivity index is 1.45. The number of carbonyl (C=O) groups excluding carboxylic acids is 2. The van der Waals surface area contributed by atoms with Gasteiger partial charge in [-0.25, -0.2) is 4.79 Å². The van der Waals surface area contributed by atoms with Crippen LogP contribution in [0.5, 0.6) is 0 Å². The van der Waals surface area contributed by atoms with Crippen LogP contribution in [-0.4, -0.2) is 43.5 Å². The number of alkyl halides is 6. The maximum atomic E-state index is 13.9. The number of hydrogen-bond acceptors (Lipinski definition) is 5. The molecular weight excluding hydrogens is 604 g/mol. The van der Waals surface area contributed by atoms with E-state index in [1.165, 1.54) is 0 Å². The standard InChI is InChI=1S/C30H33F6N7O2/c1-28(2,3)18-6-8-22(9-7-18)43(27(45)37-21-14-19(29(31,32)33)13-20(15-21)30(34,35)36)24-11-5-16-12-17(4-10-23(16)24)25(44)38-26-39-41-42-40-26/h4,10,12-15,18,22,24H,5-9,11H2,1-3H3,(H,37,45)(H2,38,39,40,41,42,44). The predicted molar refractivity (Wildman–Crippen MR) is 152 cm³/mol. The molecule has 3 amide bonds. The van der Waals surface area contributed by atoms with E-state index >= 15 is 0 Å². The van der Waals surface area contributed by atoms with Gasteiger partial charge in [0.1, 0.15) is 0 Å². The molecule has 1 unspecified atom stereocenters. The molecule has 45 heavy (non-hydrogen) atoms. The second kappa shape index (κ2) is 12.0. The fourth-order valence-corrected chi connectivity index (χ4v) is 6.41. The molecule has 0 radical (unpaired) electrons. The summed E-state index contributed by atoms with van der Waals surface area (Å²) in [5.41, 5.74) is -1.68. The summed E-state index contributed by atoms with van der Waals surface area (Å²) in [4.78, 5) is 28.2. The molecule has 2 aromatic carbocycles. The highest BCUT2D eigenvalue weighted by atomic mass is 19.4. The van der Waals surface area contributed by atoms with Crippen LogP contribution in [-0.2, 0) is 18.8 Å². The number of halogens is 6. The van der Waals surface area contributed by atoms with E-state index in [-0.39, 0.29) is 23.5 Å². The zero-order valence-corrected chi connectivity index (χ0v) is 24.8. The van der Waals surface area contributed by atoms with Gasteiger partial charge in [0.05, 0.1) is 17.2 Å². The predicted octanol–water partition coefficient (Wildman–Crippen LogP) is 7.62. The second-order valence-electron chi connectivity index (χ2n) is 12.7. The Morgan fingerprint density at radius 1 is 0.867 bits per heavy atom. The van der Waals surface area contributed by atoms with Gasteiger partial charge in [-0.05, 0) is 96.5 Å². The van der Waals surface area contributed by atoms with Gasteiger partial charge in [0, 0.05) is 17.3 Å². The Kier molecular flexibility index (Phi) is 8.57. The number of amides is 3. The van der Waals surface area contributed by atoms with Crippen molar-refractivity contribution < 1.29 is 35.9 Å². The fourth-order valence-electron chi connectivity index (χ4n) is 6.41. The number of rotatable bonds is 5. The Morgan fingerprint density at radius 2 is 1.51 bits per heavy atom. The summed E-state index contributed by atoms with van der Waals surface area (Å²) in [5.74, 6) is -0.0780. The molecule has 1 atom stereocenters. The fraction of sp³-hybridized carbons (Fsp3) is 0.500. The van der Waals surface area contributed by atoms with E-state index in [1.54, 1.807) is 23.1 Å². The molecule has 2 aliphatic rings. The second-order valence-corrected chi connectivity index (χ2v) is 12.7. The first kappa shape index (κ1) is 32.2. The molecule has 15 heteroatoms. The topological polar surface area (TPSA) is 116 Å². The first-order valence-electron chi connectivity index (χ1n) is 14.6. The van der Waals surface area contributed by atoms with Crippen LogP contribution in [0.15, 0.2) is 36.4 Å². The molecule has 3 aromatic rings. The van der Waals surface area contributed by atoms with Crippen LogP contribution in [0.25, 0.3) is 0 Å². The van der Waals surface area contributed by atoms with Crippen LogP contribution in [0, 0.1) is 11.3 Å². The number of aromatic nitrogens is 4. The molecule has 0 aliphatic heterocycles. The molecule has 2 aliphatic carbocycles. The highest BCUT2D eigenvalue weighted by Crippen LogP contribution is 2.44. The number of tetrazole rings is 1. The van der Waals surface area contributed by atoms with Crippen molar-refractivity contribution in [2.45, 2.75) is 83.7 Å². The number of benzene rings is 2. The molecule has 1 fully saturated rings. The van der Waals surface area contributed by atoms with Crippen LogP contribution in [0.4, 0.5) is 42.8 Å². The summed E-state index contributed by atoms with van der Waals surface area (Å²) in [7, 11) is 0. The minimum atomic E-state index is -5.05. The molecule has 5 rings (SSSR count). The number of anilines is 2. The van der Waals surface area contributed by atoms with Gasteiger partial charge in [-0.15, -0.1) is 5.10 Å². The molecule has 1 heterocycles. The molecule has 9 nitrogen and oxygen atoms in total. The summed E-state index contributed by atoms with van der Waals surface area (Å²) >= 11 is 0. The minimum absolute atomic E-state index is 0.00430. The first-order valence-corrected chi connectivity index (χ1v) is 14.6. The normalized spacial score (nSPS) is 20.4. The maximum absolute atomic E-state index is 13.9. The summed E-state index contributed by atoms with van der Waals surface area (Å²) in [6.07, 6.45) is -6.25. The average molecular weight is 638 g/mol. The van der Waals surface area contributed by atoms with Gasteiger partial charge in [0.25, 0.3) is 11.9 Å². The van der Waals surface area contributed by atoms with E-state index in [4.69, 9.17) is 0 Å². The number of nitrogens with one attached hydrogen (secondary N) is 3. The highest BCUT2D eigenvalue weighted by molar-refractivity contribution is 6.03. The Bertz CT molecular complexity index is 1510. The third-order valence-corrected chi connectivity index (χ3v) is 8.75. The minimum Gasteiger partial charge on any atom is -0.314 e. The van der Waals surface area contributed by atoms with Crippen LogP contribution in [0.3, 0.4) is 0 Å². The van der Waals surface area contributed by atoms with Crippen molar-refractivity contribution in [1.82, 2.24) is 25.5 Å². The molecule has 1 saturated carbocycles. The van der Waals surface area contributed by atoms with Gasteiger partial charge in [-0.1, -0.05) is 31.9 Å². The number of nitrogens with zero attached hydrogens (tertiary/aromatic N) is 4. The van der Waals surface area contributed by atoms with Gasteiger partial charge >= 0.3 is 18.4 Å². The van der Waals surface area contributed by atoms with Crippen molar-refractivity contribution >= 4 is 23.6 Å². The number of aromatic amines is 1. The molecule has 0 saturated heterocycles. The maximum Gasteiger partial charge on any atom is 0.416 e. The Morgan fingerprint density at radius 3 is 2.07 bits per heavy atom. The van der Waals surface area contributed by atoms with E-state index in [9.17, 15) is 35.9 Å². The number of urea groups is 1. The molecular formula is C30H33F6N7O2. The van der Waals surface area contributed by atoms with Crippen LogP contribution >= 0.6 is 0 Å². The summed E-state index contributed by atoms with van der Waals surface area (Å²) in [6.45, 7) is 6.44. The Labute approximate surface area is 255 Å². The van der Waals surface area contributed by atoms with Crippen molar-refractivity contribution in [1.29, 1.82) is 0 Å². The number of H-pyrrole nitrogens is 1. The lowest BCUT2D eigenvalue weighted by atomic mass is 9.71. The van der Waals surface area contributed by atoms with Crippen LogP contribution < -0.4 is 10.6 Å². The Hall–Kier alpha value is -4.17. The van der Waals surface area contributed by atoms with E-state index in [2.05, 4.69) is 52.0 Å². The number of hydrogen-bond donors (Lipinski definition) is 3. The lowest BCUT2D eigenvalue weighted by Gasteiger charge is -2.43. The van der Waals surface area contributed by atoms with Crippen molar-refractivity contribution in [2.24, 2.45) is 11.3 Å². The summed E-state index contributed by atoms with van der Waals surface area (Å²) in [5, 5.41) is 17.9. The molecule has 0 spiro atoms. The van der Waals surface area contributed by atoms with Gasteiger partial charge in [-0.3, -0.25) is 10.1 Å². The lowest BCUT2D eigenvalue weighted by Crippen LogP contribution is -2.47. The van der Waals surface area contributed by atoms with Crippen molar-refractivity contribution in [3.05, 3.63) is 64.2 Å². The molecule has 3 N–H and O–H groups in total. The quantitative estimate of drug-likeness (QED) is 0.249. The molecule has 1 aromatic heterocycles. The number of fused-ring (bicyclic) bond motifs is 1. The largest absolute Gasteiger partial charge is 0.416 e. The van der Waals surface area contributed by atoms with E-state index in [0.717, 1.165) is 24.0 Å². The van der Waals surface area contributed by atoms with Crippen LogP contribution in [0.1, 0.15) is 91.5 Å². The van der Waals surface area contributed by atoms with Gasteiger partial charge in [0.2, 0.25) is 0 Å². The number of carbonyl (C=O) groups is 2. The molecule has 242 valence electrons. The van der Waals surface area contributed by atoms with Gasteiger partial charge < -0.3 is 10.2 Å². The lowest BCUT2D eigenvalue weighted by molar-refractivity contribution is -0.143. The van der Waals surface area contributed by atoms with Crippen molar-refractivity contribution in [2.75, 3.05) is 10.6 Å². The van der Waals surface area contributed by atoms with Crippen molar-refractivity contribution in [3.63, 3.8) is 0 Å². The zero-order valence-electron chi connectivity index (χ0n) is 24.8. The van der Waals surface area contributed by atoms with Crippen LogP contribution in [0.2, 0.25) is 0 Å². The number of aryl methyl sites for hydroxylation is 1. The summed E-state index contributed by atoms with van der Waals surface area (Å²) < 4.78 is 81.2. The third kappa shape index (κ3) is 7.22. The smallest absolute Gasteiger partial charge is 0.314 e. The SMILES string of the molecule is CC(C)(C)C1CCC(N(C(=O)Nc2cc(C(F)(F)F)cc(C(F)(F)F)c2)C2CCc3cc(C(=O)Nc4nn[nH]n4)ccc32)CC1. The summed E-state index contributed by atoms with van der Waals surface area (Å²) in [6, 6.07) is 4.48. The highest BCUT2D eigenvalue weighted by Gasteiger charge is 2.41. The van der Waals surface area contributed by atoms with E-state index in [0.29, 0.717) is 49.3 Å². The van der Waals surface area contributed by atoms with E-state index in [1.807, 2.05) is 0 Å². The average Bonchev–Trinajstić information content (AvgIpc) is 3.62. The monoisotopic (exact) mass is 637 g/mol.